The van der Waals surface area contributed by atoms with Crippen LogP contribution in [0, 0.1) is 5.92 Å². The highest BCUT2D eigenvalue weighted by molar-refractivity contribution is 6.35. The van der Waals surface area contributed by atoms with Gasteiger partial charge in [0, 0.05) is 25.9 Å². The standard InChI is InChI=1S/C27H37ClN2O5.C4H9NO2/c1-17-8-6-7-9-20-15-22(35-26(32)29-20)18(2)16-27(3,33)11-10-24(31)30(4)21-13-19(12-17)14-23(34-5)25(21)28;1-3(5-2)4(6)7/h6-8,13-14,18,20,22,33H,9-12,15-16H2,1-5H3,(H,29,32);3,5H,1-2H3,(H,6,7)/b7-6+,17-8+;. The summed E-state index contributed by atoms with van der Waals surface area (Å²) in [6.07, 6.45) is 8.24. The summed E-state index contributed by atoms with van der Waals surface area (Å²) in [4.78, 5) is 36.6. The van der Waals surface area contributed by atoms with Crippen LogP contribution in [0.4, 0.5) is 10.5 Å². The van der Waals surface area contributed by atoms with Crippen LogP contribution in [0.25, 0.3) is 0 Å². The van der Waals surface area contributed by atoms with E-state index in [-0.39, 0.29) is 36.8 Å². The van der Waals surface area contributed by atoms with Crippen molar-refractivity contribution in [3.63, 3.8) is 0 Å². The van der Waals surface area contributed by atoms with E-state index in [1.54, 1.807) is 35.1 Å². The smallest absolute Gasteiger partial charge is 0.407 e. The maximum absolute atomic E-state index is 13.1. The maximum atomic E-state index is 13.1. The summed E-state index contributed by atoms with van der Waals surface area (Å²) in [5.41, 5.74) is 1.59. The summed E-state index contributed by atoms with van der Waals surface area (Å²) in [6.45, 7) is 7.33. The number of allylic oxidation sites excluding steroid dienone is 3. The fraction of sp³-hybridized carbons (Fsp3) is 0.581. The van der Waals surface area contributed by atoms with Crippen LogP contribution in [0.3, 0.4) is 0 Å². The van der Waals surface area contributed by atoms with Gasteiger partial charge in [-0.25, -0.2) is 4.79 Å². The Hall–Kier alpha value is -3.08. The molecule has 1 aromatic carbocycles. The van der Waals surface area contributed by atoms with Crippen molar-refractivity contribution in [2.75, 3.05) is 26.1 Å². The number of benzene rings is 1. The second-order valence-corrected chi connectivity index (χ2v) is 11.9. The number of aliphatic carboxylic acids is 1. The highest BCUT2D eigenvalue weighted by atomic mass is 35.5. The molecule has 3 rings (SSSR count). The molecule has 1 saturated heterocycles. The lowest BCUT2D eigenvalue weighted by molar-refractivity contribution is -0.138. The molecule has 234 valence electrons. The van der Waals surface area contributed by atoms with Gasteiger partial charge in [-0.1, -0.05) is 42.3 Å². The quantitative estimate of drug-likeness (QED) is 0.382. The fourth-order valence-electron chi connectivity index (χ4n) is 4.95. The number of amides is 2. The fourth-order valence-corrected chi connectivity index (χ4v) is 5.26. The number of rotatable bonds is 3. The van der Waals surface area contributed by atoms with E-state index in [9.17, 15) is 19.5 Å². The summed E-state index contributed by atoms with van der Waals surface area (Å²) >= 11 is 6.57. The lowest BCUT2D eigenvalue weighted by atomic mass is 9.84. The highest BCUT2D eigenvalue weighted by Gasteiger charge is 2.35. The van der Waals surface area contributed by atoms with Crippen molar-refractivity contribution in [3.8, 4) is 5.75 Å². The Balaban J connectivity index is 0.000000782. The molecule has 1 fully saturated rings. The molecule has 0 aliphatic carbocycles. The molecule has 2 aliphatic heterocycles. The van der Waals surface area contributed by atoms with Crippen LogP contribution in [-0.2, 0) is 20.7 Å². The Morgan fingerprint density at radius 2 is 2.02 bits per heavy atom. The first-order valence-electron chi connectivity index (χ1n) is 14.2. The SMILES string of the molecule is CNC(C)C(=O)O.COc1cc2cc(c1Cl)N(C)C(=O)CCC(C)(O)CC(C)C1CC(C/C=C/C=C(\C)C2)NC(=O)O1. The minimum atomic E-state index is -1.09. The molecule has 4 bridgehead atoms. The van der Waals surface area contributed by atoms with E-state index in [0.717, 1.165) is 11.1 Å². The van der Waals surface area contributed by atoms with Crippen LogP contribution in [0.5, 0.6) is 5.75 Å². The van der Waals surface area contributed by atoms with Crippen LogP contribution >= 0.6 is 11.6 Å². The molecule has 11 heteroatoms. The minimum absolute atomic E-state index is 0.0287. The molecule has 0 saturated carbocycles. The van der Waals surface area contributed by atoms with Gasteiger partial charge in [0.15, 0.2) is 0 Å². The van der Waals surface area contributed by atoms with Crippen LogP contribution in [0.1, 0.15) is 65.4 Å². The van der Waals surface area contributed by atoms with Gasteiger partial charge in [-0.3, -0.25) is 9.59 Å². The van der Waals surface area contributed by atoms with Gasteiger partial charge in [-0.05, 0) is 77.1 Å². The Kier molecular flexibility index (Phi) is 13.3. The number of methoxy groups -OCH3 is 1. The normalized spacial score (nSPS) is 28.2. The number of likely N-dealkylation sites (N-methyl/N-ethyl adjacent to an activating group) is 1. The molecule has 10 nitrogen and oxygen atoms in total. The zero-order valence-corrected chi connectivity index (χ0v) is 26.5. The van der Waals surface area contributed by atoms with Crippen molar-refractivity contribution >= 4 is 35.3 Å². The number of anilines is 1. The number of carboxylic acid groups (broad SMARTS) is 1. The van der Waals surface area contributed by atoms with E-state index in [4.69, 9.17) is 26.2 Å². The van der Waals surface area contributed by atoms with Crippen LogP contribution in [-0.4, -0.2) is 73.2 Å². The number of alkyl carbamates (subject to hydrolysis) is 1. The number of hydrogen-bond donors (Lipinski definition) is 4. The Labute approximate surface area is 254 Å². The third kappa shape index (κ3) is 10.6. The second-order valence-electron chi connectivity index (χ2n) is 11.5. The summed E-state index contributed by atoms with van der Waals surface area (Å²) in [7, 11) is 4.85. The predicted octanol–water partition coefficient (Wildman–Crippen LogP) is 4.86. The van der Waals surface area contributed by atoms with E-state index in [1.165, 1.54) is 4.90 Å². The number of carbonyl (C=O) groups excluding carboxylic acids is 2. The Bertz CT molecular complexity index is 1170. The van der Waals surface area contributed by atoms with E-state index in [1.807, 2.05) is 44.2 Å². The lowest BCUT2D eigenvalue weighted by Crippen LogP contribution is -2.48. The van der Waals surface area contributed by atoms with Gasteiger partial charge in [0.1, 0.15) is 22.9 Å². The average molecular weight is 608 g/mol. The Morgan fingerprint density at radius 1 is 1.33 bits per heavy atom. The van der Waals surface area contributed by atoms with E-state index >= 15 is 0 Å². The number of carbonyl (C=O) groups is 3. The van der Waals surface area contributed by atoms with E-state index < -0.39 is 23.7 Å². The minimum Gasteiger partial charge on any atom is -0.495 e. The summed E-state index contributed by atoms with van der Waals surface area (Å²) in [5.74, 6) is -0.519. The summed E-state index contributed by atoms with van der Waals surface area (Å²) < 4.78 is 11.0. The van der Waals surface area contributed by atoms with Gasteiger partial charge < -0.3 is 35.2 Å². The predicted molar refractivity (Wildman–Crippen MR) is 164 cm³/mol. The molecular formula is C31H46ClN3O7. The number of hydrogen-bond acceptors (Lipinski definition) is 7. The van der Waals surface area contributed by atoms with Crippen molar-refractivity contribution in [3.05, 3.63) is 46.5 Å². The summed E-state index contributed by atoms with van der Waals surface area (Å²) in [5, 5.41) is 25.0. The number of carboxylic acids is 1. The van der Waals surface area contributed by atoms with E-state index in [0.29, 0.717) is 42.1 Å². The number of ether oxygens (including phenoxy) is 2. The molecule has 2 aliphatic rings. The first-order chi connectivity index (χ1) is 19.7. The van der Waals surface area contributed by atoms with Gasteiger partial charge in [0.2, 0.25) is 5.91 Å². The average Bonchev–Trinajstić information content (AvgIpc) is 2.93. The molecule has 2 heterocycles. The van der Waals surface area contributed by atoms with Crippen LogP contribution in [0.2, 0.25) is 5.02 Å². The van der Waals surface area contributed by atoms with Gasteiger partial charge in [-0.15, -0.1) is 0 Å². The monoisotopic (exact) mass is 607 g/mol. The maximum Gasteiger partial charge on any atom is 0.407 e. The second kappa shape index (κ2) is 16.0. The molecule has 0 radical (unpaired) electrons. The summed E-state index contributed by atoms with van der Waals surface area (Å²) in [6, 6.07) is 3.34. The van der Waals surface area contributed by atoms with Gasteiger partial charge >= 0.3 is 12.1 Å². The number of fused-ring (bicyclic) bond motifs is 4. The highest BCUT2D eigenvalue weighted by Crippen LogP contribution is 2.37. The molecule has 5 atom stereocenters. The van der Waals surface area contributed by atoms with Crippen molar-refractivity contribution in [1.82, 2.24) is 10.6 Å². The third-order valence-corrected chi connectivity index (χ3v) is 8.01. The van der Waals surface area contributed by atoms with Gasteiger partial charge in [0.05, 0.1) is 18.4 Å². The zero-order chi connectivity index (χ0) is 31.6. The topological polar surface area (TPSA) is 137 Å². The van der Waals surface area contributed by atoms with Crippen molar-refractivity contribution in [1.29, 1.82) is 0 Å². The van der Waals surface area contributed by atoms with Gasteiger partial charge in [-0.2, -0.15) is 0 Å². The van der Waals surface area contributed by atoms with Crippen molar-refractivity contribution in [2.24, 2.45) is 5.92 Å². The number of halogens is 1. The largest absolute Gasteiger partial charge is 0.495 e. The molecule has 5 unspecified atom stereocenters. The molecule has 2 amide bonds. The first kappa shape index (κ1) is 35.1. The molecule has 1 aromatic rings. The first-order valence-corrected chi connectivity index (χ1v) is 14.6. The van der Waals surface area contributed by atoms with Crippen molar-refractivity contribution in [2.45, 2.75) is 90.0 Å². The molecule has 0 spiro atoms. The van der Waals surface area contributed by atoms with Gasteiger partial charge in [0.25, 0.3) is 0 Å². The number of nitrogens with one attached hydrogen (secondary N) is 2. The number of nitrogens with zero attached hydrogens (tertiary/aromatic N) is 1. The Morgan fingerprint density at radius 3 is 2.62 bits per heavy atom. The zero-order valence-electron chi connectivity index (χ0n) is 25.7. The lowest BCUT2D eigenvalue weighted by Gasteiger charge is -2.36. The molecule has 4 N–H and O–H groups in total. The molecule has 42 heavy (non-hydrogen) atoms. The molecular weight excluding hydrogens is 562 g/mol. The van der Waals surface area contributed by atoms with Crippen LogP contribution in [0.15, 0.2) is 35.9 Å². The third-order valence-electron chi connectivity index (χ3n) is 7.63. The van der Waals surface area contributed by atoms with Crippen molar-refractivity contribution < 1.29 is 34.1 Å². The van der Waals surface area contributed by atoms with E-state index in [2.05, 4.69) is 10.6 Å². The number of aliphatic hydroxyl groups is 1. The van der Waals surface area contributed by atoms with Crippen LogP contribution < -0.4 is 20.3 Å². The molecule has 0 aromatic heterocycles.